The summed E-state index contributed by atoms with van der Waals surface area (Å²) in [7, 11) is -0.924. The van der Waals surface area contributed by atoms with Crippen LogP contribution in [0.2, 0.25) is 5.02 Å². The van der Waals surface area contributed by atoms with Crippen molar-refractivity contribution in [1.82, 2.24) is 30.0 Å². The van der Waals surface area contributed by atoms with E-state index in [1.165, 1.54) is 6.20 Å². The van der Waals surface area contributed by atoms with E-state index in [2.05, 4.69) is 47.1 Å². The van der Waals surface area contributed by atoms with E-state index < -0.39 is 36.8 Å². The highest BCUT2D eigenvalue weighted by Gasteiger charge is 2.44. The fourth-order valence-electron chi connectivity index (χ4n) is 9.17. The van der Waals surface area contributed by atoms with Gasteiger partial charge in [-0.25, -0.2) is 4.98 Å². The van der Waals surface area contributed by atoms with Crippen LogP contribution in [0, 0.1) is 0 Å². The summed E-state index contributed by atoms with van der Waals surface area (Å²) in [6.07, 6.45) is 6.74. The van der Waals surface area contributed by atoms with E-state index in [1.807, 2.05) is 41.3 Å². The Kier molecular flexibility index (Phi) is 14.3. The predicted octanol–water partition coefficient (Wildman–Crippen LogP) is 6.06. The summed E-state index contributed by atoms with van der Waals surface area (Å²) in [5.74, 6) is -0.537. The number of hydrogen-bond acceptors (Lipinski definition) is 14. The molecule has 3 aromatic carbocycles. The SMILES string of the molecule is COc1cc(N2CCC(N3CCN(C(=O)CCCCCNc4ccc5c(c4)C(=O)N(C4CCC(=O)NC4=O)C5=O)CC3)CC2)ccc1Nc1ncc(Cl)c(Nc2ccccc2P(C)(C)=O)n1. The number of amides is 5. The van der Waals surface area contributed by atoms with Gasteiger partial charge in [0.2, 0.25) is 23.7 Å². The monoisotopic (exact) mass is 938 g/mol. The number of fused-ring (bicyclic) bond motifs is 1. The second kappa shape index (κ2) is 20.2. The van der Waals surface area contributed by atoms with Crippen molar-refractivity contribution in [3.8, 4) is 5.75 Å². The van der Waals surface area contributed by atoms with E-state index >= 15 is 0 Å². The minimum atomic E-state index is -2.56. The molecular weight excluding hydrogens is 883 g/mol. The lowest BCUT2D eigenvalue weighted by Gasteiger charge is -2.43. The molecule has 4 N–H and O–H groups in total. The Morgan fingerprint density at radius 2 is 1.62 bits per heavy atom. The van der Waals surface area contributed by atoms with Crippen molar-refractivity contribution in [3.05, 3.63) is 83.0 Å². The Labute approximate surface area is 389 Å². The zero-order valence-electron chi connectivity index (χ0n) is 37.5. The quantitative estimate of drug-likeness (QED) is 0.0575. The second-order valence-corrected chi connectivity index (χ2v) is 21.1. The molecule has 1 unspecified atom stereocenters. The molecule has 3 saturated heterocycles. The number of carbonyl (C=O) groups is 5. The summed E-state index contributed by atoms with van der Waals surface area (Å²) in [6.45, 7) is 9.09. The average molecular weight is 939 g/mol. The van der Waals surface area contributed by atoms with Gasteiger partial charge in [-0.2, -0.15) is 4.98 Å². The Morgan fingerprint density at radius 1 is 0.864 bits per heavy atom. The van der Waals surface area contributed by atoms with Crippen LogP contribution >= 0.6 is 18.7 Å². The smallest absolute Gasteiger partial charge is 0.262 e. The molecule has 0 radical (unpaired) electrons. The third-order valence-electron chi connectivity index (χ3n) is 12.8. The van der Waals surface area contributed by atoms with Crippen molar-refractivity contribution in [1.29, 1.82) is 0 Å². The first-order chi connectivity index (χ1) is 31.8. The lowest BCUT2D eigenvalue weighted by atomic mass is 10.0. The van der Waals surface area contributed by atoms with Gasteiger partial charge in [0.05, 0.1) is 35.8 Å². The lowest BCUT2D eigenvalue weighted by molar-refractivity contribution is -0.136. The van der Waals surface area contributed by atoms with E-state index in [0.717, 1.165) is 82.0 Å². The first kappa shape index (κ1) is 46.5. The number of methoxy groups -OCH3 is 1. The van der Waals surface area contributed by atoms with Crippen molar-refractivity contribution in [3.63, 3.8) is 0 Å². The third kappa shape index (κ3) is 10.5. The van der Waals surface area contributed by atoms with Crippen LogP contribution in [0.1, 0.15) is 72.1 Å². The van der Waals surface area contributed by atoms with Gasteiger partial charge in [-0.05, 0) is 87.9 Å². The van der Waals surface area contributed by atoms with E-state index in [1.54, 1.807) is 38.6 Å². The van der Waals surface area contributed by atoms with Crippen LogP contribution in [0.5, 0.6) is 5.75 Å². The standard InChI is InChI=1S/C47H56ClN10O7P/c1-65-39-28-32(13-15-36(39)52-47-50-29-35(48)43(54-47)51-37-9-6-7-10-40(37)66(2,3)64)55-21-18-31(19-22-55)56-23-25-57(26-24-56)42(60)11-5-4-8-20-49-30-12-14-33-34(27-30)46(63)58(45(33)62)38-16-17-41(59)53-44(38)61/h6-7,9-10,12-15,27-29,31,38,49H,4-5,8,11,16-26H2,1-3H3,(H,53,59,61)(H2,50,51,52,54). The first-order valence-electron chi connectivity index (χ1n) is 22.5. The van der Waals surface area contributed by atoms with Crippen LogP contribution in [-0.2, 0) is 18.9 Å². The van der Waals surface area contributed by atoms with E-state index in [0.29, 0.717) is 63.9 Å². The number of rotatable bonds is 16. The second-order valence-electron chi connectivity index (χ2n) is 17.5. The Balaban J connectivity index is 0.740. The minimum Gasteiger partial charge on any atom is -0.494 e. The summed E-state index contributed by atoms with van der Waals surface area (Å²) in [4.78, 5) is 80.1. The fraction of sp³-hybridized carbons (Fsp3) is 0.426. The van der Waals surface area contributed by atoms with Crippen molar-refractivity contribution in [2.45, 2.75) is 63.5 Å². The molecule has 4 aromatic rings. The molecule has 0 aliphatic carbocycles. The summed E-state index contributed by atoms with van der Waals surface area (Å²) in [6, 6.07) is 17.9. The van der Waals surface area contributed by atoms with Crippen LogP contribution in [0.15, 0.2) is 66.9 Å². The van der Waals surface area contributed by atoms with Crippen LogP contribution in [0.25, 0.3) is 0 Å². The maximum atomic E-state index is 13.1. The van der Waals surface area contributed by atoms with Crippen molar-refractivity contribution < 1.29 is 33.3 Å². The predicted molar refractivity (Wildman–Crippen MR) is 256 cm³/mol. The van der Waals surface area contributed by atoms with Gasteiger partial charge in [0.1, 0.15) is 24.0 Å². The average Bonchev–Trinajstić information content (AvgIpc) is 3.56. The number of carbonyl (C=O) groups excluding carboxylic acids is 5. The highest BCUT2D eigenvalue weighted by molar-refractivity contribution is 7.70. The molecule has 1 atom stereocenters. The molecular formula is C47H56ClN10O7P. The molecule has 0 spiro atoms. The number of nitrogens with zero attached hydrogens (tertiary/aromatic N) is 6. The topological polar surface area (TPSA) is 199 Å². The Morgan fingerprint density at radius 3 is 2.36 bits per heavy atom. The number of ether oxygens (including phenoxy) is 1. The normalized spacial score (nSPS) is 18.3. The third-order valence-corrected chi connectivity index (χ3v) is 14.6. The van der Waals surface area contributed by atoms with Gasteiger partial charge in [-0.15, -0.1) is 0 Å². The highest BCUT2D eigenvalue weighted by Crippen LogP contribution is 2.39. The number of piperidine rings is 2. The van der Waals surface area contributed by atoms with Gasteiger partial charge < -0.3 is 35.1 Å². The Hall–Kier alpha value is -6.03. The number of aromatic nitrogens is 2. The molecule has 17 nitrogen and oxygen atoms in total. The highest BCUT2D eigenvalue weighted by atomic mass is 35.5. The van der Waals surface area contributed by atoms with E-state index in [9.17, 15) is 28.5 Å². The van der Waals surface area contributed by atoms with E-state index in [-0.39, 0.29) is 29.9 Å². The van der Waals surface area contributed by atoms with Gasteiger partial charge in [0, 0.05) is 87.4 Å². The van der Waals surface area contributed by atoms with Gasteiger partial charge in [-0.1, -0.05) is 30.2 Å². The maximum Gasteiger partial charge on any atom is 0.262 e. The largest absolute Gasteiger partial charge is 0.494 e. The Bertz CT molecular complexity index is 2560. The number of halogens is 1. The summed E-state index contributed by atoms with van der Waals surface area (Å²) in [5, 5.41) is 13.1. The first-order valence-corrected chi connectivity index (χ1v) is 25.5. The molecule has 4 aliphatic heterocycles. The van der Waals surface area contributed by atoms with Gasteiger partial charge in [0.15, 0.2) is 5.82 Å². The zero-order chi connectivity index (χ0) is 46.5. The molecule has 5 amide bonds. The summed E-state index contributed by atoms with van der Waals surface area (Å²) >= 11 is 6.48. The van der Waals surface area contributed by atoms with Crippen LogP contribution < -0.4 is 36.2 Å². The van der Waals surface area contributed by atoms with Gasteiger partial charge in [0.25, 0.3) is 11.8 Å². The van der Waals surface area contributed by atoms with Crippen LogP contribution in [0.3, 0.4) is 0 Å². The van der Waals surface area contributed by atoms with Crippen LogP contribution in [-0.4, -0.2) is 133 Å². The molecule has 3 fully saturated rings. The zero-order valence-corrected chi connectivity index (χ0v) is 39.1. The summed E-state index contributed by atoms with van der Waals surface area (Å²) in [5.41, 5.74) is 3.64. The van der Waals surface area contributed by atoms with Crippen molar-refractivity contribution in [2.75, 3.05) is 87.1 Å². The molecule has 5 heterocycles. The number of imide groups is 2. The van der Waals surface area contributed by atoms with Gasteiger partial charge >= 0.3 is 0 Å². The molecule has 0 bridgehead atoms. The molecule has 66 heavy (non-hydrogen) atoms. The van der Waals surface area contributed by atoms with Gasteiger partial charge in [-0.3, -0.25) is 39.1 Å². The molecule has 19 heteroatoms. The van der Waals surface area contributed by atoms with Crippen molar-refractivity contribution >= 4 is 88.1 Å². The number of unbranched alkanes of at least 4 members (excludes halogenated alkanes) is 2. The maximum absolute atomic E-state index is 13.1. The summed E-state index contributed by atoms with van der Waals surface area (Å²) < 4.78 is 18.7. The number of piperazine rings is 1. The lowest BCUT2D eigenvalue weighted by Crippen LogP contribution is -2.54. The number of benzene rings is 3. The molecule has 4 aliphatic rings. The number of hydrogen-bond donors (Lipinski definition) is 4. The van der Waals surface area contributed by atoms with Crippen molar-refractivity contribution in [2.24, 2.45) is 0 Å². The van der Waals surface area contributed by atoms with Crippen LogP contribution in [0.4, 0.5) is 34.5 Å². The molecule has 8 rings (SSSR count). The molecule has 1 aromatic heterocycles. The minimum absolute atomic E-state index is 0.0736. The molecule has 0 saturated carbocycles. The number of anilines is 6. The number of para-hydroxylation sites is 1. The number of nitrogens with one attached hydrogen (secondary N) is 4. The molecule has 348 valence electrons. The fourth-order valence-corrected chi connectivity index (χ4v) is 10.5. The van der Waals surface area contributed by atoms with E-state index in [4.69, 9.17) is 16.3 Å².